The van der Waals surface area contributed by atoms with Crippen molar-refractivity contribution in [2.45, 2.75) is 96.9 Å². The van der Waals surface area contributed by atoms with Crippen molar-refractivity contribution in [1.29, 1.82) is 0 Å². The maximum atomic E-state index is 14.0. The van der Waals surface area contributed by atoms with Crippen LogP contribution in [-0.2, 0) is 9.59 Å². The molecule has 51 heavy (non-hydrogen) atoms. The van der Waals surface area contributed by atoms with Crippen LogP contribution in [0.15, 0.2) is 118 Å². The van der Waals surface area contributed by atoms with Crippen LogP contribution >= 0.6 is 0 Å². The number of hydrogen-bond acceptors (Lipinski definition) is 2. The van der Waals surface area contributed by atoms with Crippen molar-refractivity contribution in [3.8, 4) is 0 Å². The van der Waals surface area contributed by atoms with Crippen molar-refractivity contribution >= 4 is 37.2 Å². The normalized spacial score (nSPS) is 16.1. The molecule has 0 fully saturated rings. The third-order valence-electron chi connectivity index (χ3n) is 9.77. The topological polar surface area (TPSA) is 34.1 Å². The Morgan fingerprint density at radius 2 is 0.667 bits per heavy atom. The van der Waals surface area contributed by atoms with Crippen LogP contribution < -0.4 is 0 Å². The molecule has 0 bridgehead atoms. The zero-order chi connectivity index (χ0) is 37.8. The fourth-order valence-corrected chi connectivity index (χ4v) is 9.21. The van der Waals surface area contributed by atoms with Gasteiger partial charge in [-0.25, -0.2) is 0 Å². The Kier molecular flexibility index (Phi) is 10.3. The molecule has 0 saturated heterocycles. The van der Waals surface area contributed by atoms with Crippen molar-refractivity contribution < 1.29 is 9.59 Å². The minimum atomic E-state index is -0.306. The number of Topliss-reactive ketones (excluding diaryl/α,β-unsaturated/α-hetero) is 2. The Bertz CT molecular complexity index is 1840. The Morgan fingerprint density at radius 3 is 0.902 bits per heavy atom. The second-order valence-electron chi connectivity index (χ2n) is 18.4. The SMILES string of the molecule is Cc1ccc(C(=C2C=C(C(C)(C)C)C(=O)C(C(C)(C)C)=C2)c2ccc(C(=C3C=C(C(C)(C)C)C(=O)C(C(C)(C)C)=C3)c3ccc(C)cc3)[se]2)cc1. The molecular formula is C48H56O2Se. The molecule has 0 aliphatic heterocycles. The molecule has 2 aliphatic carbocycles. The Hall–Kier alpha value is -3.78. The van der Waals surface area contributed by atoms with E-state index in [1.165, 1.54) is 31.1 Å². The average Bonchev–Trinajstić information content (AvgIpc) is 3.47. The summed E-state index contributed by atoms with van der Waals surface area (Å²) in [4.78, 5) is 28.0. The molecule has 266 valence electrons. The van der Waals surface area contributed by atoms with Gasteiger partial charge in [0.2, 0.25) is 0 Å². The van der Waals surface area contributed by atoms with Gasteiger partial charge in [-0.05, 0) is 0 Å². The number of hydrogen-bond donors (Lipinski definition) is 0. The number of benzene rings is 2. The molecule has 0 atom stereocenters. The molecule has 1 heterocycles. The molecule has 3 aromatic rings. The zero-order valence-electron chi connectivity index (χ0n) is 33.3. The molecule has 1 aromatic heterocycles. The van der Waals surface area contributed by atoms with Crippen molar-refractivity contribution in [1.82, 2.24) is 0 Å². The van der Waals surface area contributed by atoms with E-state index in [0.717, 1.165) is 44.6 Å². The van der Waals surface area contributed by atoms with Gasteiger partial charge in [0.15, 0.2) is 0 Å². The van der Waals surface area contributed by atoms with Gasteiger partial charge in [-0.1, -0.05) is 0 Å². The fourth-order valence-electron chi connectivity index (χ4n) is 6.72. The van der Waals surface area contributed by atoms with Crippen LogP contribution in [-0.4, -0.2) is 26.1 Å². The van der Waals surface area contributed by atoms with E-state index < -0.39 is 0 Å². The van der Waals surface area contributed by atoms with E-state index in [1.54, 1.807) is 0 Å². The van der Waals surface area contributed by atoms with Crippen LogP contribution in [0.4, 0.5) is 0 Å². The van der Waals surface area contributed by atoms with E-state index in [2.05, 4.69) is 182 Å². The Morgan fingerprint density at radius 1 is 0.412 bits per heavy atom. The molecule has 5 rings (SSSR count). The van der Waals surface area contributed by atoms with Gasteiger partial charge in [0.25, 0.3) is 0 Å². The number of rotatable bonds is 4. The second kappa shape index (κ2) is 13.6. The quantitative estimate of drug-likeness (QED) is 0.249. The standard InChI is InChI=1S/C48H56O2Se/c1-29-15-19-31(20-16-29)41(33-25-35(45(3,4)5)43(49)36(26-33)46(6,7)8)39-23-24-40(51-39)42(32-21-17-30(2)18-22-32)34-27-37(47(9,10)11)44(50)38(28-34)48(12,13)14/h15-28H,1-14H3. The summed E-state index contributed by atoms with van der Waals surface area (Å²) in [6.07, 6.45) is 8.63. The van der Waals surface area contributed by atoms with E-state index in [-0.39, 0.29) is 47.7 Å². The van der Waals surface area contributed by atoms with Gasteiger partial charge >= 0.3 is 315 Å². The summed E-state index contributed by atoms with van der Waals surface area (Å²) in [5, 5.41) is 0. The first-order chi connectivity index (χ1) is 23.5. The van der Waals surface area contributed by atoms with Crippen LogP contribution in [0.3, 0.4) is 0 Å². The summed E-state index contributed by atoms with van der Waals surface area (Å²) < 4.78 is 2.55. The molecule has 3 heteroatoms. The van der Waals surface area contributed by atoms with Crippen molar-refractivity contribution in [3.05, 3.63) is 150 Å². The third-order valence-corrected chi connectivity index (χ3v) is 12.1. The first-order valence-corrected chi connectivity index (χ1v) is 19.9. The van der Waals surface area contributed by atoms with Gasteiger partial charge in [-0.15, -0.1) is 0 Å². The number of allylic oxidation sites excluding steroid dienone is 10. The molecular weight excluding hydrogens is 687 g/mol. The molecule has 0 saturated carbocycles. The molecule has 2 aromatic carbocycles. The summed E-state index contributed by atoms with van der Waals surface area (Å²) >= 11 is -0.0692. The van der Waals surface area contributed by atoms with Crippen LogP contribution in [0.2, 0.25) is 0 Å². The summed E-state index contributed by atoms with van der Waals surface area (Å²) in [5.41, 5.74) is 11.5. The Labute approximate surface area is 313 Å². The van der Waals surface area contributed by atoms with Crippen LogP contribution in [0.25, 0.3) is 11.1 Å². The van der Waals surface area contributed by atoms with Crippen LogP contribution in [0.5, 0.6) is 0 Å². The number of carbonyl (C=O) groups excluding carboxylic acids is 2. The summed E-state index contributed by atoms with van der Waals surface area (Å²) in [7, 11) is 0. The van der Waals surface area contributed by atoms with Crippen LogP contribution in [0.1, 0.15) is 114 Å². The van der Waals surface area contributed by atoms with Gasteiger partial charge in [-0.3, -0.25) is 0 Å². The predicted octanol–water partition coefficient (Wildman–Crippen LogP) is 12.0. The van der Waals surface area contributed by atoms with Crippen molar-refractivity contribution in [2.75, 3.05) is 0 Å². The van der Waals surface area contributed by atoms with Crippen molar-refractivity contribution in [3.63, 3.8) is 0 Å². The van der Waals surface area contributed by atoms with E-state index in [0.29, 0.717) is 0 Å². The van der Waals surface area contributed by atoms with E-state index >= 15 is 0 Å². The fraction of sp³-hybridized carbons (Fsp3) is 0.375. The van der Waals surface area contributed by atoms with E-state index in [4.69, 9.17) is 0 Å². The molecule has 2 aliphatic rings. The molecule has 0 unspecified atom stereocenters. The van der Waals surface area contributed by atoms with Gasteiger partial charge < -0.3 is 0 Å². The monoisotopic (exact) mass is 744 g/mol. The first kappa shape index (κ1) is 38.5. The van der Waals surface area contributed by atoms with E-state index in [1.807, 2.05) is 0 Å². The van der Waals surface area contributed by atoms with Gasteiger partial charge in [0.05, 0.1) is 0 Å². The number of aryl methyl sites for hydroxylation is 2. The number of carbonyl (C=O) groups is 2. The molecule has 0 N–H and O–H groups in total. The predicted molar refractivity (Wildman–Crippen MR) is 218 cm³/mol. The number of ketones is 2. The maximum absolute atomic E-state index is 14.0. The zero-order valence-corrected chi connectivity index (χ0v) is 35.0. The Balaban J connectivity index is 1.87. The molecule has 0 radical (unpaired) electrons. The summed E-state index contributed by atoms with van der Waals surface area (Å²) in [5.74, 6) is 0.292. The van der Waals surface area contributed by atoms with Crippen molar-refractivity contribution in [2.24, 2.45) is 21.7 Å². The second-order valence-corrected chi connectivity index (χ2v) is 20.7. The van der Waals surface area contributed by atoms with Gasteiger partial charge in [0, 0.05) is 0 Å². The van der Waals surface area contributed by atoms with E-state index in [9.17, 15) is 9.59 Å². The van der Waals surface area contributed by atoms with Gasteiger partial charge in [0.1, 0.15) is 0 Å². The minimum absolute atomic E-state index is 0.0692. The summed E-state index contributed by atoms with van der Waals surface area (Å²) in [6.45, 7) is 29.9. The molecule has 2 nitrogen and oxygen atoms in total. The van der Waals surface area contributed by atoms with Gasteiger partial charge in [-0.2, -0.15) is 0 Å². The molecule has 0 spiro atoms. The third kappa shape index (κ3) is 8.16. The molecule has 0 amide bonds. The first-order valence-electron chi connectivity index (χ1n) is 18.2. The van der Waals surface area contributed by atoms with Crippen LogP contribution in [0, 0.1) is 35.5 Å². The average molecular weight is 744 g/mol. The summed E-state index contributed by atoms with van der Waals surface area (Å²) in [6, 6.07) is 22.2.